The number of aromatic nitrogens is 3. The molecule has 1 aliphatic rings. The normalized spacial score (nSPS) is 14.0. The van der Waals surface area contributed by atoms with Crippen LogP contribution in [0.5, 0.6) is 11.5 Å². The molecule has 2 aromatic heterocycles. The van der Waals surface area contributed by atoms with E-state index in [1.165, 1.54) is 23.2 Å². The third kappa shape index (κ3) is 4.20. The van der Waals surface area contributed by atoms with E-state index in [2.05, 4.69) is 26.7 Å². The number of oxazole rings is 1. The fourth-order valence-corrected chi connectivity index (χ4v) is 3.92. The van der Waals surface area contributed by atoms with Crippen LogP contribution in [-0.4, -0.2) is 53.6 Å². The van der Waals surface area contributed by atoms with Gasteiger partial charge in [0.2, 0.25) is 0 Å². The number of hydrogen-bond donors (Lipinski definition) is 0. The van der Waals surface area contributed by atoms with Crippen LogP contribution in [0.2, 0.25) is 0 Å². The van der Waals surface area contributed by atoms with E-state index in [1.807, 2.05) is 13.0 Å². The molecule has 0 bridgehead atoms. The Hall–Kier alpha value is -2.84. The third-order valence-corrected chi connectivity index (χ3v) is 5.33. The standard InChI is InChI=1S/C22H28N4O4/c1-4-30-20-6-5-16(11-21(20)28-3)12-25-8-7-19-17(13-25)22(18-14-29-15-23-18)24-26(19)9-10-27-2/h5-6,11,14-15H,4,7-10,12-13H2,1-3H3. The molecule has 1 aliphatic heterocycles. The lowest BCUT2D eigenvalue weighted by molar-refractivity contribution is 0.180. The molecule has 0 fully saturated rings. The lowest BCUT2D eigenvalue weighted by Crippen LogP contribution is -2.31. The van der Waals surface area contributed by atoms with Crippen molar-refractivity contribution in [3.8, 4) is 22.9 Å². The van der Waals surface area contributed by atoms with Gasteiger partial charge in [-0.3, -0.25) is 9.58 Å². The molecular weight excluding hydrogens is 384 g/mol. The van der Waals surface area contributed by atoms with Crippen molar-refractivity contribution in [1.29, 1.82) is 0 Å². The number of benzene rings is 1. The Kier molecular flexibility index (Phi) is 6.35. The number of hydrogen-bond acceptors (Lipinski definition) is 7. The highest BCUT2D eigenvalue weighted by molar-refractivity contribution is 5.59. The summed E-state index contributed by atoms with van der Waals surface area (Å²) in [5.74, 6) is 1.54. The minimum atomic E-state index is 0.614. The molecule has 0 unspecified atom stereocenters. The van der Waals surface area contributed by atoms with Gasteiger partial charge in [-0.15, -0.1) is 0 Å². The van der Waals surface area contributed by atoms with Gasteiger partial charge in [0.15, 0.2) is 17.9 Å². The van der Waals surface area contributed by atoms with Crippen LogP contribution < -0.4 is 9.47 Å². The van der Waals surface area contributed by atoms with Gasteiger partial charge in [-0.05, 0) is 24.6 Å². The van der Waals surface area contributed by atoms with E-state index in [1.54, 1.807) is 20.5 Å². The summed E-state index contributed by atoms with van der Waals surface area (Å²) in [7, 11) is 3.38. The summed E-state index contributed by atoms with van der Waals surface area (Å²) in [5.41, 5.74) is 5.32. The largest absolute Gasteiger partial charge is 0.493 e. The lowest BCUT2D eigenvalue weighted by atomic mass is 10.0. The van der Waals surface area contributed by atoms with E-state index in [-0.39, 0.29) is 0 Å². The maximum Gasteiger partial charge on any atom is 0.181 e. The smallest absolute Gasteiger partial charge is 0.181 e. The molecule has 160 valence electrons. The maximum absolute atomic E-state index is 5.64. The molecule has 1 aromatic carbocycles. The molecule has 3 heterocycles. The van der Waals surface area contributed by atoms with Crippen molar-refractivity contribution in [3.63, 3.8) is 0 Å². The van der Waals surface area contributed by atoms with E-state index in [4.69, 9.17) is 23.7 Å². The fraction of sp³-hybridized carbons (Fsp3) is 0.455. The molecule has 0 N–H and O–H groups in total. The van der Waals surface area contributed by atoms with Crippen LogP contribution in [0.15, 0.2) is 35.3 Å². The highest BCUT2D eigenvalue weighted by Gasteiger charge is 2.26. The molecule has 3 aromatic rings. The Balaban J connectivity index is 1.56. The van der Waals surface area contributed by atoms with Gasteiger partial charge in [0.1, 0.15) is 17.7 Å². The Morgan fingerprint density at radius 2 is 2.10 bits per heavy atom. The second-order valence-corrected chi connectivity index (χ2v) is 7.24. The van der Waals surface area contributed by atoms with Crippen LogP contribution in [0.1, 0.15) is 23.7 Å². The summed E-state index contributed by atoms with van der Waals surface area (Å²) in [6, 6.07) is 6.14. The number of nitrogens with zero attached hydrogens (tertiary/aromatic N) is 4. The van der Waals surface area contributed by atoms with Gasteiger partial charge >= 0.3 is 0 Å². The van der Waals surface area contributed by atoms with E-state index < -0.39 is 0 Å². The molecule has 0 spiro atoms. The predicted molar refractivity (Wildman–Crippen MR) is 112 cm³/mol. The summed E-state index contributed by atoms with van der Waals surface area (Å²) in [5, 5.41) is 4.82. The Labute approximate surface area is 176 Å². The van der Waals surface area contributed by atoms with E-state index in [9.17, 15) is 0 Å². The molecule has 0 saturated heterocycles. The molecule has 0 atom stereocenters. The maximum atomic E-state index is 5.64. The average Bonchev–Trinajstić information content (AvgIpc) is 3.41. The Bertz CT molecular complexity index is 968. The van der Waals surface area contributed by atoms with Gasteiger partial charge < -0.3 is 18.6 Å². The minimum absolute atomic E-state index is 0.614. The lowest BCUT2D eigenvalue weighted by Gasteiger charge is -2.28. The first-order valence-corrected chi connectivity index (χ1v) is 10.2. The zero-order valence-electron chi connectivity index (χ0n) is 17.8. The van der Waals surface area contributed by atoms with Crippen LogP contribution >= 0.6 is 0 Å². The van der Waals surface area contributed by atoms with Gasteiger partial charge in [0, 0.05) is 44.4 Å². The zero-order valence-corrected chi connectivity index (χ0v) is 17.8. The van der Waals surface area contributed by atoms with Gasteiger partial charge in [-0.2, -0.15) is 5.10 Å². The summed E-state index contributed by atoms with van der Waals surface area (Å²) in [6.07, 6.45) is 4.03. The van der Waals surface area contributed by atoms with Crippen LogP contribution in [0.3, 0.4) is 0 Å². The first kappa shape index (κ1) is 20.4. The first-order valence-electron chi connectivity index (χ1n) is 10.2. The molecule has 0 aliphatic carbocycles. The highest BCUT2D eigenvalue weighted by atomic mass is 16.5. The van der Waals surface area contributed by atoms with E-state index in [0.717, 1.165) is 55.5 Å². The second-order valence-electron chi connectivity index (χ2n) is 7.24. The quantitative estimate of drug-likeness (QED) is 0.534. The summed E-state index contributed by atoms with van der Waals surface area (Å²) < 4.78 is 23.7. The van der Waals surface area contributed by atoms with Crippen LogP contribution in [-0.2, 0) is 30.8 Å². The third-order valence-electron chi connectivity index (χ3n) is 5.33. The molecule has 4 rings (SSSR count). The topological polar surface area (TPSA) is 74.8 Å². The van der Waals surface area contributed by atoms with E-state index >= 15 is 0 Å². The monoisotopic (exact) mass is 412 g/mol. The number of ether oxygens (including phenoxy) is 3. The molecule has 8 nitrogen and oxygen atoms in total. The first-order chi connectivity index (χ1) is 14.7. The van der Waals surface area contributed by atoms with Crippen molar-refractivity contribution in [2.45, 2.75) is 33.0 Å². The number of rotatable bonds is 9. The summed E-state index contributed by atoms with van der Waals surface area (Å²) in [4.78, 5) is 6.74. The Morgan fingerprint density at radius 3 is 2.83 bits per heavy atom. The van der Waals surface area contributed by atoms with Gasteiger partial charge in [0.05, 0.1) is 26.9 Å². The fourth-order valence-electron chi connectivity index (χ4n) is 3.92. The van der Waals surface area contributed by atoms with Crippen molar-refractivity contribution in [2.24, 2.45) is 0 Å². The zero-order chi connectivity index (χ0) is 20.9. The van der Waals surface area contributed by atoms with Crippen LogP contribution in [0.25, 0.3) is 11.4 Å². The molecule has 0 amide bonds. The summed E-state index contributed by atoms with van der Waals surface area (Å²) >= 11 is 0. The SMILES string of the molecule is CCOc1ccc(CN2CCc3c(c(-c4cocn4)nn3CCOC)C2)cc1OC. The molecular formula is C22H28N4O4. The average molecular weight is 412 g/mol. The van der Waals surface area contributed by atoms with E-state index in [0.29, 0.717) is 13.2 Å². The Morgan fingerprint density at radius 1 is 1.20 bits per heavy atom. The van der Waals surface area contributed by atoms with Crippen molar-refractivity contribution in [3.05, 3.63) is 47.7 Å². The molecule has 0 radical (unpaired) electrons. The number of methoxy groups -OCH3 is 2. The van der Waals surface area contributed by atoms with Crippen LogP contribution in [0.4, 0.5) is 0 Å². The number of fused-ring (bicyclic) bond motifs is 1. The van der Waals surface area contributed by atoms with Crippen molar-refractivity contribution >= 4 is 0 Å². The van der Waals surface area contributed by atoms with Gasteiger partial charge in [0.25, 0.3) is 0 Å². The molecule has 8 heteroatoms. The molecule has 30 heavy (non-hydrogen) atoms. The minimum Gasteiger partial charge on any atom is -0.493 e. The van der Waals surface area contributed by atoms with Crippen LogP contribution in [0, 0.1) is 0 Å². The summed E-state index contributed by atoms with van der Waals surface area (Å²) in [6.45, 7) is 6.53. The van der Waals surface area contributed by atoms with Crippen molar-refractivity contribution in [1.82, 2.24) is 19.7 Å². The van der Waals surface area contributed by atoms with Crippen molar-refractivity contribution < 1.29 is 18.6 Å². The van der Waals surface area contributed by atoms with Crippen molar-refractivity contribution in [2.75, 3.05) is 34.0 Å². The molecule has 0 saturated carbocycles. The predicted octanol–water partition coefficient (Wildman–Crippen LogP) is 3.15. The van der Waals surface area contributed by atoms with Gasteiger partial charge in [-0.1, -0.05) is 6.07 Å². The highest BCUT2D eigenvalue weighted by Crippen LogP contribution is 2.32. The van der Waals surface area contributed by atoms with Gasteiger partial charge in [-0.25, -0.2) is 4.98 Å². The second kappa shape index (κ2) is 9.32.